The molecule has 1 aromatic carbocycles. The summed E-state index contributed by atoms with van der Waals surface area (Å²) in [5.74, 6) is -0.189. The monoisotopic (exact) mass is 362 g/mol. The van der Waals surface area contributed by atoms with Gasteiger partial charge in [-0.05, 0) is 50.1 Å². The molecule has 1 N–H and O–H groups in total. The normalized spacial score (nSPS) is 11.5. The maximum absolute atomic E-state index is 12.0. The molecule has 0 aliphatic carbocycles. The first kappa shape index (κ1) is 18.7. The largest absolute Gasteiger partial charge is 0.482 e. The Labute approximate surface area is 151 Å². The van der Waals surface area contributed by atoms with Crippen LogP contribution in [0.5, 0.6) is 5.75 Å². The fourth-order valence-electron chi connectivity index (χ4n) is 1.96. The molecule has 0 fully saturated rings. The number of hydrogen-bond donors (Lipinski definition) is 1. The number of pyridine rings is 1. The Bertz CT molecular complexity index is 762. The van der Waals surface area contributed by atoms with Crippen LogP contribution in [0.2, 0.25) is 5.02 Å². The molecule has 0 unspecified atom stereocenters. The second kappa shape index (κ2) is 8.48. The fraction of sp³-hybridized carbons (Fsp3) is 0.278. The Hall–Kier alpha value is -2.60. The molecule has 2 rings (SSSR count). The van der Waals surface area contributed by atoms with E-state index in [4.69, 9.17) is 21.1 Å². The van der Waals surface area contributed by atoms with Crippen LogP contribution in [-0.2, 0) is 14.3 Å². The van der Waals surface area contributed by atoms with E-state index >= 15 is 0 Å². The lowest BCUT2D eigenvalue weighted by molar-refractivity contribution is -0.155. The number of rotatable bonds is 6. The molecule has 0 spiro atoms. The molecular formula is C18H19ClN2O4. The number of hydrogen-bond acceptors (Lipinski definition) is 5. The van der Waals surface area contributed by atoms with Gasteiger partial charge in [-0.25, -0.2) is 9.78 Å². The van der Waals surface area contributed by atoms with E-state index in [0.29, 0.717) is 16.6 Å². The van der Waals surface area contributed by atoms with Crippen molar-refractivity contribution in [3.05, 3.63) is 52.7 Å². The molecular weight excluding hydrogens is 344 g/mol. The molecule has 6 nitrogen and oxygen atoms in total. The third-order valence-electron chi connectivity index (χ3n) is 3.35. The summed E-state index contributed by atoms with van der Waals surface area (Å²) in [7, 11) is 0. The molecule has 0 aliphatic rings. The van der Waals surface area contributed by atoms with Crippen LogP contribution in [0.3, 0.4) is 0 Å². The van der Waals surface area contributed by atoms with Crippen LogP contribution < -0.4 is 10.1 Å². The average molecular weight is 363 g/mol. The van der Waals surface area contributed by atoms with Gasteiger partial charge in [0.15, 0.2) is 12.7 Å². The molecule has 0 saturated carbocycles. The summed E-state index contributed by atoms with van der Waals surface area (Å²) in [6.45, 7) is 5.01. The summed E-state index contributed by atoms with van der Waals surface area (Å²) >= 11 is 5.73. The van der Waals surface area contributed by atoms with Crippen molar-refractivity contribution in [3.8, 4) is 5.75 Å². The van der Waals surface area contributed by atoms with Crippen LogP contribution in [0.1, 0.15) is 18.1 Å². The van der Waals surface area contributed by atoms with Crippen LogP contribution in [0, 0.1) is 13.8 Å². The van der Waals surface area contributed by atoms with Gasteiger partial charge in [0, 0.05) is 6.20 Å². The summed E-state index contributed by atoms with van der Waals surface area (Å²) in [5.41, 5.74) is 1.94. The van der Waals surface area contributed by atoms with Crippen molar-refractivity contribution < 1.29 is 19.1 Å². The number of carbonyl (C=O) groups excluding carboxylic acids is 2. The van der Waals surface area contributed by atoms with Crippen LogP contribution >= 0.6 is 11.6 Å². The van der Waals surface area contributed by atoms with E-state index in [1.54, 1.807) is 12.1 Å². The summed E-state index contributed by atoms with van der Waals surface area (Å²) in [4.78, 5) is 27.8. The quantitative estimate of drug-likeness (QED) is 0.798. The van der Waals surface area contributed by atoms with Crippen molar-refractivity contribution in [2.45, 2.75) is 26.9 Å². The zero-order valence-corrected chi connectivity index (χ0v) is 15.0. The minimum absolute atomic E-state index is 0.277. The van der Waals surface area contributed by atoms with E-state index < -0.39 is 18.0 Å². The first-order chi connectivity index (χ1) is 11.8. The van der Waals surface area contributed by atoms with E-state index in [9.17, 15) is 9.59 Å². The average Bonchev–Trinajstić information content (AvgIpc) is 2.57. The predicted molar refractivity (Wildman–Crippen MR) is 94.8 cm³/mol. The van der Waals surface area contributed by atoms with E-state index in [-0.39, 0.29) is 6.61 Å². The molecule has 0 aliphatic heterocycles. The Kier molecular flexibility index (Phi) is 6.36. The van der Waals surface area contributed by atoms with Crippen molar-refractivity contribution in [2.24, 2.45) is 0 Å². The Morgan fingerprint density at radius 3 is 2.68 bits per heavy atom. The van der Waals surface area contributed by atoms with Gasteiger partial charge < -0.3 is 14.8 Å². The molecule has 1 atom stereocenters. The number of aryl methyl sites for hydroxylation is 2. The lowest BCUT2D eigenvalue weighted by Crippen LogP contribution is -2.32. The topological polar surface area (TPSA) is 77.5 Å². The highest BCUT2D eigenvalue weighted by Gasteiger charge is 2.19. The maximum Gasteiger partial charge on any atom is 0.344 e. The van der Waals surface area contributed by atoms with E-state index in [2.05, 4.69) is 10.3 Å². The number of halogens is 1. The van der Waals surface area contributed by atoms with Gasteiger partial charge in [0.1, 0.15) is 11.6 Å². The van der Waals surface area contributed by atoms with Gasteiger partial charge >= 0.3 is 5.97 Å². The lowest BCUT2D eigenvalue weighted by atomic mass is 10.1. The van der Waals surface area contributed by atoms with E-state index in [1.807, 2.05) is 32.0 Å². The molecule has 132 valence electrons. The fourth-order valence-corrected chi connectivity index (χ4v) is 2.07. The van der Waals surface area contributed by atoms with E-state index in [1.165, 1.54) is 13.1 Å². The van der Waals surface area contributed by atoms with Gasteiger partial charge in [0.25, 0.3) is 5.91 Å². The molecule has 1 heterocycles. The molecule has 0 bridgehead atoms. The number of nitrogens with one attached hydrogen (secondary N) is 1. The second-order valence-electron chi connectivity index (χ2n) is 5.54. The zero-order chi connectivity index (χ0) is 18.4. The first-order valence-electron chi connectivity index (χ1n) is 7.67. The number of esters is 1. The number of ether oxygens (including phenoxy) is 2. The van der Waals surface area contributed by atoms with Crippen LogP contribution in [-0.4, -0.2) is 29.6 Å². The standard InChI is InChI=1S/C18H19ClN2O4/c1-11-4-5-12(2)15(8-11)24-10-17(22)25-13(3)18(23)21-16-7-6-14(19)9-20-16/h4-9,13H,10H2,1-3H3,(H,20,21,23)/t13-/m1/s1. The highest BCUT2D eigenvalue weighted by Crippen LogP contribution is 2.19. The highest BCUT2D eigenvalue weighted by molar-refractivity contribution is 6.30. The summed E-state index contributed by atoms with van der Waals surface area (Å²) in [6, 6.07) is 8.85. The maximum atomic E-state index is 12.0. The minimum atomic E-state index is -0.979. The Morgan fingerprint density at radius 2 is 2.00 bits per heavy atom. The number of carbonyl (C=O) groups is 2. The zero-order valence-electron chi connectivity index (χ0n) is 14.2. The molecule has 1 amide bonds. The molecule has 7 heteroatoms. The number of aromatic nitrogens is 1. The van der Waals surface area contributed by atoms with Gasteiger partial charge in [-0.15, -0.1) is 0 Å². The number of anilines is 1. The smallest absolute Gasteiger partial charge is 0.344 e. The van der Waals surface area contributed by atoms with Gasteiger partial charge in [-0.3, -0.25) is 4.79 Å². The third kappa shape index (κ3) is 5.76. The van der Waals surface area contributed by atoms with Crippen LogP contribution in [0.25, 0.3) is 0 Å². The lowest BCUT2D eigenvalue weighted by Gasteiger charge is -2.14. The van der Waals surface area contributed by atoms with Crippen molar-refractivity contribution >= 4 is 29.3 Å². The predicted octanol–water partition coefficient (Wildman–Crippen LogP) is 3.30. The third-order valence-corrected chi connectivity index (χ3v) is 3.57. The Morgan fingerprint density at radius 1 is 1.24 bits per heavy atom. The number of nitrogens with zero attached hydrogens (tertiary/aromatic N) is 1. The van der Waals surface area contributed by atoms with Crippen LogP contribution in [0.15, 0.2) is 36.5 Å². The van der Waals surface area contributed by atoms with Gasteiger partial charge in [-0.1, -0.05) is 23.7 Å². The molecule has 0 radical (unpaired) electrons. The number of amides is 1. The van der Waals surface area contributed by atoms with Crippen LogP contribution in [0.4, 0.5) is 5.82 Å². The van der Waals surface area contributed by atoms with Gasteiger partial charge in [0.05, 0.1) is 5.02 Å². The molecule has 2 aromatic rings. The number of benzene rings is 1. The van der Waals surface area contributed by atoms with Crippen molar-refractivity contribution in [1.29, 1.82) is 0 Å². The first-order valence-corrected chi connectivity index (χ1v) is 8.05. The molecule has 0 saturated heterocycles. The minimum Gasteiger partial charge on any atom is -0.482 e. The van der Waals surface area contributed by atoms with Gasteiger partial charge in [-0.2, -0.15) is 0 Å². The van der Waals surface area contributed by atoms with Crippen molar-refractivity contribution in [3.63, 3.8) is 0 Å². The van der Waals surface area contributed by atoms with Crippen molar-refractivity contribution in [1.82, 2.24) is 4.98 Å². The second-order valence-corrected chi connectivity index (χ2v) is 5.98. The molecule has 25 heavy (non-hydrogen) atoms. The SMILES string of the molecule is Cc1ccc(C)c(OCC(=O)O[C@H](C)C(=O)Nc2ccc(Cl)cn2)c1. The summed E-state index contributed by atoms with van der Waals surface area (Å²) < 4.78 is 10.5. The summed E-state index contributed by atoms with van der Waals surface area (Å²) in [6.07, 6.45) is 0.429. The Balaban J connectivity index is 1.83. The summed E-state index contributed by atoms with van der Waals surface area (Å²) in [5, 5.41) is 3.00. The highest BCUT2D eigenvalue weighted by atomic mass is 35.5. The van der Waals surface area contributed by atoms with Crippen molar-refractivity contribution in [2.75, 3.05) is 11.9 Å². The van der Waals surface area contributed by atoms with Gasteiger partial charge in [0.2, 0.25) is 0 Å². The molecule has 1 aromatic heterocycles. The van der Waals surface area contributed by atoms with E-state index in [0.717, 1.165) is 11.1 Å².